The summed E-state index contributed by atoms with van der Waals surface area (Å²) in [5.41, 5.74) is 0.811. The summed E-state index contributed by atoms with van der Waals surface area (Å²) in [6.07, 6.45) is 3.36. The van der Waals surface area contributed by atoms with Crippen LogP contribution in [0.25, 0.3) is 0 Å². The van der Waals surface area contributed by atoms with E-state index in [1.165, 1.54) is 0 Å². The van der Waals surface area contributed by atoms with Gasteiger partial charge in [0.1, 0.15) is 28.8 Å². The summed E-state index contributed by atoms with van der Waals surface area (Å²) in [6.45, 7) is 4.74. The van der Waals surface area contributed by atoms with Gasteiger partial charge in [0.05, 0.1) is 19.9 Å². The van der Waals surface area contributed by atoms with E-state index in [1.807, 2.05) is 0 Å². The van der Waals surface area contributed by atoms with E-state index in [9.17, 15) is 4.79 Å². The first-order valence-corrected chi connectivity index (χ1v) is 8.70. The minimum Gasteiger partial charge on any atom is -0.497 e. The fourth-order valence-corrected chi connectivity index (χ4v) is 2.46. The van der Waals surface area contributed by atoms with Crippen molar-refractivity contribution in [1.29, 1.82) is 0 Å². The van der Waals surface area contributed by atoms with Gasteiger partial charge in [-0.2, -0.15) is 0 Å². The van der Waals surface area contributed by atoms with E-state index >= 15 is 0 Å². The molecular formula is C19H26N4O3. The highest BCUT2D eigenvalue weighted by Crippen LogP contribution is 2.29. The van der Waals surface area contributed by atoms with Crippen molar-refractivity contribution in [3.8, 4) is 11.5 Å². The number of anilines is 2. The van der Waals surface area contributed by atoms with Crippen LogP contribution in [0.5, 0.6) is 11.5 Å². The van der Waals surface area contributed by atoms with Crippen molar-refractivity contribution in [2.45, 2.75) is 33.1 Å². The number of hydrogen-bond donors (Lipinski definition) is 2. The minimum atomic E-state index is -0.335. The number of ether oxygens (including phenoxy) is 2. The Morgan fingerprint density at radius 3 is 2.62 bits per heavy atom. The van der Waals surface area contributed by atoms with Gasteiger partial charge >= 0.3 is 0 Å². The molecule has 1 aromatic carbocycles. The van der Waals surface area contributed by atoms with Crippen LogP contribution in [-0.4, -0.2) is 36.6 Å². The van der Waals surface area contributed by atoms with Gasteiger partial charge in [-0.05, 0) is 25.5 Å². The van der Waals surface area contributed by atoms with E-state index in [4.69, 9.17) is 9.47 Å². The van der Waals surface area contributed by atoms with Gasteiger partial charge in [-0.25, -0.2) is 9.97 Å². The number of carbonyl (C=O) groups excluding carboxylic acids is 1. The van der Waals surface area contributed by atoms with Crippen LogP contribution >= 0.6 is 0 Å². The first kappa shape index (κ1) is 19.5. The molecule has 7 nitrogen and oxygen atoms in total. The topological polar surface area (TPSA) is 85.4 Å². The molecule has 0 atom stereocenters. The highest BCUT2D eigenvalue weighted by molar-refractivity contribution is 6.04. The average molecular weight is 358 g/mol. The zero-order chi connectivity index (χ0) is 18.9. The molecule has 1 heterocycles. The van der Waals surface area contributed by atoms with E-state index in [0.717, 1.165) is 25.8 Å². The maximum Gasteiger partial charge on any atom is 0.274 e. The lowest BCUT2D eigenvalue weighted by molar-refractivity contribution is 0.102. The molecule has 0 saturated heterocycles. The van der Waals surface area contributed by atoms with Crippen LogP contribution in [0.2, 0.25) is 0 Å². The molecule has 0 fully saturated rings. The van der Waals surface area contributed by atoms with Crippen molar-refractivity contribution in [3.63, 3.8) is 0 Å². The Balaban J connectivity index is 2.15. The average Bonchev–Trinajstić information content (AvgIpc) is 2.64. The number of aromatic nitrogens is 2. The third kappa shape index (κ3) is 5.34. The first-order chi connectivity index (χ1) is 12.6. The molecule has 2 rings (SSSR count). The van der Waals surface area contributed by atoms with Gasteiger partial charge in [-0.15, -0.1) is 0 Å². The predicted molar refractivity (Wildman–Crippen MR) is 102 cm³/mol. The van der Waals surface area contributed by atoms with Crippen LogP contribution in [0.4, 0.5) is 11.5 Å². The smallest absolute Gasteiger partial charge is 0.274 e. The third-order valence-electron chi connectivity index (χ3n) is 3.81. The van der Waals surface area contributed by atoms with E-state index < -0.39 is 0 Å². The van der Waals surface area contributed by atoms with Crippen molar-refractivity contribution in [1.82, 2.24) is 9.97 Å². The lowest BCUT2D eigenvalue weighted by Crippen LogP contribution is -2.16. The second-order valence-electron chi connectivity index (χ2n) is 5.84. The summed E-state index contributed by atoms with van der Waals surface area (Å²) in [4.78, 5) is 21.2. The maximum absolute atomic E-state index is 12.6. The van der Waals surface area contributed by atoms with Gasteiger partial charge in [0.25, 0.3) is 5.91 Å². The molecule has 1 aromatic heterocycles. The molecule has 7 heteroatoms. The molecule has 26 heavy (non-hydrogen) atoms. The molecule has 0 radical (unpaired) electrons. The second kappa shape index (κ2) is 9.60. The van der Waals surface area contributed by atoms with Crippen molar-refractivity contribution in [2.75, 3.05) is 31.4 Å². The number of nitrogens with one attached hydrogen (secondary N) is 2. The van der Waals surface area contributed by atoms with Crippen LogP contribution in [0.1, 0.15) is 42.5 Å². The number of aryl methyl sites for hydroxylation is 1. The monoisotopic (exact) mass is 358 g/mol. The molecule has 0 aliphatic rings. The van der Waals surface area contributed by atoms with E-state index in [2.05, 4.69) is 27.5 Å². The number of methoxy groups -OCH3 is 2. The standard InChI is InChI=1S/C19H26N4O3/c1-5-6-7-10-20-18-12-16(21-13(2)22-18)19(24)23-15-11-14(25-3)8-9-17(15)26-4/h8-9,11-12H,5-7,10H2,1-4H3,(H,23,24)(H,20,21,22). The van der Waals surface area contributed by atoms with E-state index in [-0.39, 0.29) is 5.91 Å². The van der Waals surface area contributed by atoms with Crippen LogP contribution in [0.15, 0.2) is 24.3 Å². The van der Waals surface area contributed by atoms with Crippen LogP contribution in [0, 0.1) is 6.92 Å². The Morgan fingerprint density at radius 2 is 1.92 bits per heavy atom. The second-order valence-corrected chi connectivity index (χ2v) is 5.84. The molecule has 0 aliphatic heterocycles. The fraction of sp³-hybridized carbons (Fsp3) is 0.421. The van der Waals surface area contributed by atoms with E-state index in [1.54, 1.807) is 45.4 Å². The third-order valence-corrected chi connectivity index (χ3v) is 3.81. The van der Waals surface area contributed by atoms with Gasteiger partial charge in [-0.1, -0.05) is 19.8 Å². The lowest BCUT2D eigenvalue weighted by atomic mass is 10.2. The van der Waals surface area contributed by atoms with E-state index in [0.29, 0.717) is 34.5 Å². The van der Waals surface area contributed by atoms with Crippen molar-refractivity contribution in [2.24, 2.45) is 0 Å². The Hall–Kier alpha value is -2.83. The Kier molecular flexibility index (Phi) is 7.20. The van der Waals surface area contributed by atoms with Gasteiger partial charge < -0.3 is 20.1 Å². The summed E-state index contributed by atoms with van der Waals surface area (Å²) in [7, 11) is 3.11. The number of benzene rings is 1. The SMILES string of the molecule is CCCCCNc1cc(C(=O)Nc2cc(OC)ccc2OC)nc(C)n1. The number of nitrogens with zero attached hydrogens (tertiary/aromatic N) is 2. The van der Waals surface area contributed by atoms with Crippen LogP contribution < -0.4 is 20.1 Å². The molecule has 0 unspecified atom stereocenters. The Labute approximate surface area is 154 Å². The highest BCUT2D eigenvalue weighted by Gasteiger charge is 2.14. The molecule has 2 aromatic rings. The summed E-state index contributed by atoms with van der Waals surface area (Å²) in [5, 5.41) is 6.07. The number of amides is 1. The van der Waals surface area contributed by atoms with Crippen LogP contribution in [0.3, 0.4) is 0 Å². The zero-order valence-corrected chi connectivity index (χ0v) is 15.8. The normalized spacial score (nSPS) is 10.3. The molecule has 0 spiro atoms. The van der Waals surface area contributed by atoms with Crippen LogP contribution in [-0.2, 0) is 0 Å². The quantitative estimate of drug-likeness (QED) is 0.666. The predicted octanol–water partition coefficient (Wildman–Crippen LogP) is 3.66. The first-order valence-electron chi connectivity index (χ1n) is 8.70. The van der Waals surface area contributed by atoms with Crippen molar-refractivity contribution < 1.29 is 14.3 Å². The highest BCUT2D eigenvalue weighted by atomic mass is 16.5. The zero-order valence-electron chi connectivity index (χ0n) is 15.8. The van der Waals surface area contributed by atoms with Crippen molar-refractivity contribution in [3.05, 3.63) is 35.8 Å². The van der Waals surface area contributed by atoms with Gasteiger partial charge in [0.2, 0.25) is 0 Å². The van der Waals surface area contributed by atoms with Gasteiger partial charge in [0.15, 0.2) is 0 Å². The largest absolute Gasteiger partial charge is 0.497 e. The number of hydrogen-bond acceptors (Lipinski definition) is 6. The fourth-order valence-electron chi connectivity index (χ4n) is 2.46. The molecule has 2 N–H and O–H groups in total. The molecular weight excluding hydrogens is 332 g/mol. The summed E-state index contributed by atoms with van der Waals surface area (Å²) in [5.74, 6) is 2.02. The molecule has 0 saturated carbocycles. The number of unbranched alkanes of at least 4 members (excludes halogenated alkanes) is 2. The molecule has 0 aliphatic carbocycles. The summed E-state index contributed by atoms with van der Waals surface area (Å²) >= 11 is 0. The molecule has 140 valence electrons. The molecule has 0 bridgehead atoms. The maximum atomic E-state index is 12.6. The number of carbonyl (C=O) groups is 1. The minimum absolute atomic E-state index is 0.292. The summed E-state index contributed by atoms with van der Waals surface area (Å²) in [6, 6.07) is 6.86. The van der Waals surface area contributed by atoms with Gasteiger partial charge in [0, 0.05) is 18.7 Å². The molecule has 1 amide bonds. The van der Waals surface area contributed by atoms with Crippen molar-refractivity contribution >= 4 is 17.4 Å². The lowest BCUT2D eigenvalue weighted by Gasteiger charge is -2.12. The number of rotatable bonds is 9. The van der Waals surface area contributed by atoms with Gasteiger partial charge in [-0.3, -0.25) is 4.79 Å². The summed E-state index contributed by atoms with van der Waals surface area (Å²) < 4.78 is 10.5. The Bertz CT molecular complexity index is 750. The Morgan fingerprint density at radius 1 is 1.12 bits per heavy atom.